The highest BCUT2D eigenvalue weighted by atomic mass is 16.6. The first-order chi connectivity index (χ1) is 13.5. The second-order valence-corrected chi connectivity index (χ2v) is 5.56. The molecule has 0 bridgehead atoms. The van der Waals surface area contributed by atoms with E-state index < -0.39 is 65.0 Å². The van der Waals surface area contributed by atoms with E-state index in [1.54, 1.807) is 0 Å². The number of aryl methyl sites for hydroxylation is 1. The number of hydrogen-bond acceptors (Lipinski definition) is 10. The summed E-state index contributed by atoms with van der Waals surface area (Å²) in [7, 11) is 0. The molecule has 0 fully saturated rings. The number of nitro groups is 5. The van der Waals surface area contributed by atoms with E-state index in [2.05, 4.69) is 0 Å². The Kier molecular flexibility index (Phi) is 5.72. The predicted molar refractivity (Wildman–Crippen MR) is 93.6 cm³/mol. The van der Waals surface area contributed by atoms with Crippen LogP contribution in [0.25, 0.3) is 0 Å². The van der Waals surface area contributed by atoms with Crippen molar-refractivity contribution in [3.8, 4) is 0 Å². The molecule has 15 nitrogen and oxygen atoms in total. The normalized spacial score (nSPS) is 10.3. The lowest BCUT2D eigenvalue weighted by Gasteiger charge is -2.06. The SMILES string of the molecule is O=[N+]([O-])c1ccc(CCc2c([N+](=O)[O-])cc([N+](=O)[O-])cc2[N+](=O)[O-])c([N+](=O)[O-])c1. The van der Waals surface area contributed by atoms with Gasteiger partial charge in [-0.2, -0.15) is 0 Å². The first-order valence-electron chi connectivity index (χ1n) is 7.54. The van der Waals surface area contributed by atoms with E-state index >= 15 is 0 Å². The molecule has 2 aromatic rings. The van der Waals surface area contributed by atoms with Crippen molar-refractivity contribution >= 4 is 28.4 Å². The van der Waals surface area contributed by atoms with Crippen LogP contribution in [0.5, 0.6) is 0 Å². The maximum absolute atomic E-state index is 11.3. The lowest BCUT2D eigenvalue weighted by atomic mass is 9.99. The fraction of sp³-hybridized carbons (Fsp3) is 0.143. The zero-order valence-corrected chi connectivity index (χ0v) is 14.1. The summed E-state index contributed by atoms with van der Waals surface area (Å²) in [6, 6.07) is 3.88. The molecule has 0 aliphatic heterocycles. The van der Waals surface area contributed by atoms with E-state index in [-0.39, 0.29) is 12.0 Å². The van der Waals surface area contributed by atoms with Gasteiger partial charge in [-0.1, -0.05) is 0 Å². The summed E-state index contributed by atoms with van der Waals surface area (Å²) in [6.07, 6.45) is -0.753. The van der Waals surface area contributed by atoms with Gasteiger partial charge >= 0.3 is 0 Å². The molecule has 0 atom stereocenters. The van der Waals surface area contributed by atoms with Crippen molar-refractivity contribution in [2.45, 2.75) is 12.8 Å². The maximum Gasteiger partial charge on any atom is 0.286 e. The van der Waals surface area contributed by atoms with Gasteiger partial charge in [0.25, 0.3) is 28.4 Å². The van der Waals surface area contributed by atoms with Crippen LogP contribution < -0.4 is 0 Å². The van der Waals surface area contributed by atoms with E-state index in [0.717, 1.165) is 12.1 Å². The van der Waals surface area contributed by atoms with Gasteiger partial charge < -0.3 is 0 Å². The van der Waals surface area contributed by atoms with Crippen molar-refractivity contribution in [2.75, 3.05) is 0 Å². The maximum atomic E-state index is 11.3. The van der Waals surface area contributed by atoms with Crippen molar-refractivity contribution in [3.05, 3.63) is 92.0 Å². The number of non-ortho nitro benzene ring substituents is 2. The summed E-state index contributed by atoms with van der Waals surface area (Å²) in [5.74, 6) is 0. The monoisotopic (exact) mass is 407 g/mol. The average molecular weight is 407 g/mol. The number of benzene rings is 2. The molecule has 15 heteroatoms. The first kappa shape index (κ1) is 20.7. The third-order valence-corrected chi connectivity index (χ3v) is 3.91. The predicted octanol–water partition coefficient (Wildman–Crippen LogP) is 3.01. The van der Waals surface area contributed by atoms with E-state index in [4.69, 9.17) is 0 Å². The largest absolute Gasteiger partial charge is 0.286 e. The van der Waals surface area contributed by atoms with Gasteiger partial charge in [0.1, 0.15) is 5.56 Å². The quantitative estimate of drug-likeness (QED) is 0.460. The Hall–Kier alpha value is -4.56. The summed E-state index contributed by atoms with van der Waals surface area (Å²) >= 11 is 0. The Bertz CT molecular complexity index is 1030. The number of nitro benzene ring substituents is 5. The molecule has 0 saturated heterocycles. The average Bonchev–Trinajstić information content (AvgIpc) is 2.64. The molecule has 0 aliphatic rings. The highest BCUT2D eigenvalue weighted by Gasteiger charge is 2.30. The minimum atomic E-state index is -1.03. The topological polar surface area (TPSA) is 216 Å². The van der Waals surface area contributed by atoms with E-state index in [1.807, 2.05) is 0 Å². The molecule has 0 aliphatic carbocycles. The van der Waals surface area contributed by atoms with E-state index in [9.17, 15) is 50.6 Å². The van der Waals surface area contributed by atoms with E-state index in [0.29, 0.717) is 18.2 Å². The molecule has 2 aromatic carbocycles. The molecule has 0 heterocycles. The molecular formula is C14H9N5O10. The summed E-state index contributed by atoms with van der Waals surface area (Å²) < 4.78 is 0. The molecular weight excluding hydrogens is 398 g/mol. The summed E-state index contributed by atoms with van der Waals surface area (Å²) in [4.78, 5) is 50.5. The Morgan fingerprint density at radius 3 is 1.41 bits per heavy atom. The molecule has 0 N–H and O–H groups in total. The number of nitrogens with zero attached hydrogens (tertiary/aromatic N) is 5. The highest BCUT2D eigenvalue weighted by molar-refractivity contribution is 5.61. The minimum Gasteiger partial charge on any atom is -0.258 e. The molecule has 0 radical (unpaired) electrons. The van der Waals surface area contributed by atoms with Crippen LogP contribution in [0.2, 0.25) is 0 Å². The van der Waals surface area contributed by atoms with Crippen LogP contribution in [0.4, 0.5) is 28.4 Å². The third kappa shape index (κ3) is 4.41. The molecule has 0 unspecified atom stereocenters. The summed E-state index contributed by atoms with van der Waals surface area (Å²) in [5, 5.41) is 55.3. The van der Waals surface area contributed by atoms with Gasteiger partial charge in [-0.05, 0) is 18.9 Å². The molecule has 2 rings (SSSR count). The Balaban J connectivity index is 2.54. The molecule has 150 valence electrons. The van der Waals surface area contributed by atoms with Crippen LogP contribution >= 0.6 is 0 Å². The Morgan fingerprint density at radius 1 is 0.552 bits per heavy atom. The van der Waals surface area contributed by atoms with Gasteiger partial charge in [-0.25, -0.2) is 0 Å². The van der Waals surface area contributed by atoms with Gasteiger partial charge in [0.2, 0.25) is 0 Å². The lowest BCUT2D eigenvalue weighted by Crippen LogP contribution is -2.06. The van der Waals surface area contributed by atoms with Crippen LogP contribution in [-0.2, 0) is 12.8 Å². The Morgan fingerprint density at radius 2 is 1.00 bits per heavy atom. The lowest BCUT2D eigenvalue weighted by molar-refractivity contribution is -0.404. The highest BCUT2D eigenvalue weighted by Crippen LogP contribution is 2.35. The van der Waals surface area contributed by atoms with Gasteiger partial charge in [0.15, 0.2) is 0 Å². The van der Waals surface area contributed by atoms with Crippen molar-refractivity contribution in [1.29, 1.82) is 0 Å². The van der Waals surface area contributed by atoms with Crippen LogP contribution in [-0.4, -0.2) is 24.6 Å². The van der Waals surface area contributed by atoms with E-state index in [1.165, 1.54) is 0 Å². The fourth-order valence-corrected chi connectivity index (χ4v) is 2.62. The molecule has 0 amide bonds. The molecule has 29 heavy (non-hydrogen) atoms. The molecule has 0 aromatic heterocycles. The first-order valence-corrected chi connectivity index (χ1v) is 7.54. The second kappa shape index (κ2) is 7.99. The van der Waals surface area contributed by atoms with Crippen LogP contribution in [0, 0.1) is 50.6 Å². The molecule has 0 spiro atoms. The van der Waals surface area contributed by atoms with Gasteiger partial charge in [0, 0.05) is 11.6 Å². The fourth-order valence-electron chi connectivity index (χ4n) is 2.62. The standard InChI is InChI=1S/C14H9N5O10/c20-15(21)9-3-1-8(12(5-9)17(24)25)2-4-11-13(18(26)27)6-10(16(22)23)7-14(11)19(28)29/h1,3,5-7H,2,4H2. The van der Waals surface area contributed by atoms with Crippen molar-refractivity contribution in [1.82, 2.24) is 0 Å². The third-order valence-electron chi connectivity index (χ3n) is 3.91. The summed E-state index contributed by atoms with van der Waals surface area (Å²) in [5.41, 5.74) is -4.31. The van der Waals surface area contributed by atoms with Gasteiger partial charge in [0.05, 0.1) is 42.8 Å². The molecule has 0 saturated carbocycles. The van der Waals surface area contributed by atoms with Crippen molar-refractivity contribution < 1.29 is 24.6 Å². The minimum absolute atomic E-state index is 0.0532. The summed E-state index contributed by atoms with van der Waals surface area (Å²) in [6.45, 7) is 0. The number of rotatable bonds is 8. The Labute approximate surface area is 158 Å². The van der Waals surface area contributed by atoms with Crippen LogP contribution in [0.1, 0.15) is 11.1 Å². The van der Waals surface area contributed by atoms with Crippen LogP contribution in [0.15, 0.2) is 30.3 Å². The second-order valence-electron chi connectivity index (χ2n) is 5.56. The van der Waals surface area contributed by atoms with Gasteiger partial charge in [-0.15, -0.1) is 0 Å². The number of hydrogen-bond donors (Lipinski definition) is 0. The van der Waals surface area contributed by atoms with Gasteiger partial charge in [-0.3, -0.25) is 50.6 Å². The van der Waals surface area contributed by atoms with Crippen molar-refractivity contribution in [2.24, 2.45) is 0 Å². The smallest absolute Gasteiger partial charge is 0.258 e. The zero-order chi connectivity index (χ0) is 21.9. The van der Waals surface area contributed by atoms with Crippen LogP contribution in [0.3, 0.4) is 0 Å². The zero-order valence-electron chi connectivity index (χ0n) is 14.1. The van der Waals surface area contributed by atoms with Crippen molar-refractivity contribution in [3.63, 3.8) is 0 Å².